The van der Waals surface area contributed by atoms with Crippen LogP contribution < -0.4 is 5.32 Å². The first-order chi connectivity index (χ1) is 11.7. The standard InChI is InChI=1S/C20H20N2O2/c1-2-3-12-21-20(24)17-13-19(14-8-10-15(23)11-9-14)22-18-7-5-4-6-16(17)18/h4-11,13,23H,2-3,12H2,1H3,(H,21,24). The summed E-state index contributed by atoms with van der Waals surface area (Å²) in [6.45, 7) is 2.76. The fourth-order valence-electron chi connectivity index (χ4n) is 2.62. The normalized spacial score (nSPS) is 10.7. The minimum absolute atomic E-state index is 0.0814. The lowest BCUT2D eigenvalue weighted by Gasteiger charge is -2.10. The van der Waals surface area contributed by atoms with E-state index in [-0.39, 0.29) is 11.7 Å². The zero-order valence-electron chi connectivity index (χ0n) is 13.6. The van der Waals surface area contributed by atoms with E-state index in [9.17, 15) is 9.90 Å². The third kappa shape index (κ3) is 3.38. The lowest BCUT2D eigenvalue weighted by atomic mass is 10.0. The maximum absolute atomic E-state index is 12.6. The Kier molecular flexibility index (Phi) is 4.75. The second-order valence-electron chi connectivity index (χ2n) is 5.73. The molecule has 1 aromatic heterocycles. The van der Waals surface area contributed by atoms with Crippen molar-refractivity contribution in [1.29, 1.82) is 0 Å². The Hall–Kier alpha value is -2.88. The number of phenols is 1. The van der Waals surface area contributed by atoms with Crippen molar-refractivity contribution in [2.24, 2.45) is 0 Å². The van der Waals surface area contributed by atoms with Crippen molar-refractivity contribution in [2.75, 3.05) is 6.54 Å². The molecule has 3 rings (SSSR count). The van der Waals surface area contributed by atoms with Crippen molar-refractivity contribution in [1.82, 2.24) is 10.3 Å². The first-order valence-corrected chi connectivity index (χ1v) is 8.16. The number of nitrogens with one attached hydrogen (secondary N) is 1. The van der Waals surface area contributed by atoms with Gasteiger partial charge in [-0.15, -0.1) is 0 Å². The first kappa shape index (κ1) is 16.0. The zero-order valence-corrected chi connectivity index (χ0v) is 13.6. The fraction of sp³-hybridized carbons (Fsp3) is 0.200. The number of aromatic nitrogens is 1. The summed E-state index contributed by atoms with van der Waals surface area (Å²) in [5, 5.41) is 13.3. The van der Waals surface area contributed by atoms with Crippen LogP contribution in [0.1, 0.15) is 30.1 Å². The van der Waals surface area contributed by atoms with E-state index in [0.717, 1.165) is 29.3 Å². The number of rotatable bonds is 5. The van der Waals surface area contributed by atoms with E-state index in [1.165, 1.54) is 0 Å². The molecule has 24 heavy (non-hydrogen) atoms. The largest absolute Gasteiger partial charge is 0.508 e. The highest BCUT2D eigenvalue weighted by Gasteiger charge is 2.13. The highest BCUT2D eigenvalue weighted by molar-refractivity contribution is 6.07. The summed E-state index contributed by atoms with van der Waals surface area (Å²) in [6, 6.07) is 16.3. The summed E-state index contributed by atoms with van der Waals surface area (Å²) >= 11 is 0. The monoisotopic (exact) mass is 320 g/mol. The predicted octanol–water partition coefficient (Wildman–Crippen LogP) is 4.14. The number of hydrogen-bond acceptors (Lipinski definition) is 3. The third-order valence-electron chi connectivity index (χ3n) is 3.94. The number of carbonyl (C=O) groups excluding carboxylic acids is 1. The van der Waals surface area contributed by atoms with Crippen LogP contribution in [0.25, 0.3) is 22.2 Å². The van der Waals surface area contributed by atoms with Gasteiger partial charge >= 0.3 is 0 Å². The Bertz CT molecular complexity index is 857. The van der Waals surface area contributed by atoms with Gasteiger partial charge in [0.05, 0.1) is 16.8 Å². The summed E-state index contributed by atoms with van der Waals surface area (Å²) < 4.78 is 0. The number of hydrogen-bond donors (Lipinski definition) is 2. The molecule has 0 saturated carbocycles. The average molecular weight is 320 g/mol. The maximum Gasteiger partial charge on any atom is 0.252 e. The Balaban J connectivity index is 2.05. The van der Waals surface area contributed by atoms with Crippen LogP contribution in [0.15, 0.2) is 54.6 Å². The Labute approximate surface area is 141 Å². The molecule has 3 aromatic rings. The van der Waals surface area contributed by atoms with E-state index < -0.39 is 0 Å². The molecule has 122 valence electrons. The molecule has 2 N–H and O–H groups in total. The van der Waals surface area contributed by atoms with Crippen LogP contribution >= 0.6 is 0 Å². The highest BCUT2D eigenvalue weighted by atomic mass is 16.3. The molecule has 4 heteroatoms. The van der Waals surface area contributed by atoms with Gasteiger partial charge in [-0.2, -0.15) is 0 Å². The van der Waals surface area contributed by atoms with E-state index in [0.29, 0.717) is 17.8 Å². The molecule has 0 aliphatic carbocycles. The number of fused-ring (bicyclic) bond motifs is 1. The summed E-state index contributed by atoms with van der Waals surface area (Å²) in [6.07, 6.45) is 2.00. The summed E-state index contributed by atoms with van der Waals surface area (Å²) in [7, 11) is 0. The van der Waals surface area contributed by atoms with Crippen molar-refractivity contribution < 1.29 is 9.90 Å². The molecule has 0 spiro atoms. The van der Waals surface area contributed by atoms with Crippen LogP contribution in [0.5, 0.6) is 5.75 Å². The van der Waals surface area contributed by atoms with Gasteiger partial charge in [-0.25, -0.2) is 4.98 Å². The van der Waals surface area contributed by atoms with Gasteiger partial charge in [0, 0.05) is 17.5 Å². The Morgan fingerprint density at radius 1 is 1.12 bits per heavy atom. The maximum atomic E-state index is 12.6. The fourth-order valence-corrected chi connectivity index (χ4v) is 2.62. The molecule has 0 saturated heterocycles. The summed E-state index contributed by atoms with van der Waals surface area (Å²) in [5.41, 5.74) is 2.99. The van der Waals surface area contributed by atoms with Gasteiger partial charge < -0.3 is 10.4 Å². The quantitative estimate of drug-likeness (QED) is 0.695. The molecule has 1 heterocycles. The number of unbranched alkanes of at least 4 members (excludes halogenated alkanes) is 1. The molecule has 0 fully saturated rings. The highest BCUT2D eigenvalue weighted by Crippen LogP contribution is 2.26. The minimum atomic E-state index is -0.0814. The van der Waals surface area contributed by atoms with Crippen LogP contribution in [0.3, 0.4) is 0 Å². The number of amides is 1. The van der Waals surface area contributed by atoms with Gasteiger partial charge in [0.15, 0.2) is 0 Å². The van der Waals surface area contributed by atoms with E-state index in [1.807, 2.05) is 30.3 Å². The zero-order chi connectivity index (χ0) is 16.9. The van der Waals surface area contributed by atoms with Gasteiger partial charge in [0.1, 0.15) is 5.75 Å². The number of nitrogens with zero attached hydrogens (tertiary/aromatic N) is 1. The summed E-state index contributed by atoms with van der Waals surface area (Å²) in [5.74, 6) is 0.124. The number of phenolic OH excluding ortho intramolecular Hbond substituents is 1. The third-order valence-corrected chi connectivity index (χ3v) is 3.94. The number of para-hydroxylation sites is 1. The van der Waals surface area contributed by atoms with Gasteiger partial charge in [0.2, 0.25) is 0 Å². The molecule has 0 aliphatic heterocycles. The molecule has 4 nitrogen and oxygen atoms in total. The van der Waals surface area contributed by atoms with Crippen molar-refractivity contribution in [3.8, 4) is 17.0 Å². The lowest BCUT2D eigenvalue weighted by Crippen LogP contribution is -2.24. The van der Waals surface area contributed by atoms with Crippen LogP contribution in [-0.2, 0) is 0 Å². The number of carbonyl (C=O) groups is 1. The SMILES string of the molecule is CCCCNC(=O)c1cc(-c2ccc(O)cc2)nc2ccccc12. The van der Waals surface area contributed by atoms with Gasteiger partial charge in [-0.3, -0.25) is 4.79 Å². The minimum Gasteiger partial charge on any atom is -0.508 e. The van der Waals surface area contributed by atoms with Crippen molar-refractivity contribution >= 4 is 16.8 Å². The van der Waals surface area contributed by atoms with E-state index in [4.69, 9.17) is 0 Å². The predicted molar refractivity (Wildman–Crippen MR) is 96.1 cm³/mol. The van der Waals surface area contributed by atoms with Crippen LogP contribution in [0, 0.1) is 0 Å². The van der Waals surface area contributed by atoms with Crippen LogP contribution in [0.4, 0.5) is 0 Å². The van der Waals surface area contributed by atoms with E-state index in [2.05, 4.69) is 17.2 Å². The smallest absolute Gasteiger partial charge is 0.252 e. The molecule has 1 amide bonds. The Morgan fingerprint density at radius 3 is 2.62 bits per heavy atom. The van der Waals surface area contributed by atoms with E-state index >= 15 is 0 Å². The molecular formula is C20H20N2O2. The van der Waals surface area contributed by atoms with E-state index in [1.54, 1.807) is 24.3 Å². The average Bonchev–Trinajstić information content (AvgIpc) is 2.61. The van der Waals surface area contributed by atoms with Crippen LogP contribution in [-0.4, -0.2) is 22.5 Å². The molecule has 0 atom stereocenters. The van der Waals surface area contributed by atoms with Gasteiger partial charge in [-0.05, 0) is 42.8 Å². The lowest BCUT2D eigenvalue weighted by molar-refractivity contribution is 0.0955. The van der Waals surface area contributed by atoms with Gasteiger partial charge in [0.25, 0.3) is 5.91 Å². The van der Waals surface area contributed by atoms with Gasteiger partial charge in [-0.1, -0.05) is 31.5 Å². The molecule has 2 aromatic carbocycles. The van der Waals surface area contributed by atoms with Crippen molar-refractivity contribution in [2.45, 2.75) is 19.8 Å². The molecule has 0 bridgehead atoms. The molecule has 0 aliphatic rings. The number of benzene rings is 2. The van der Waals surface area contributed by atoms with Crippen molar-refractivity contribution in [3.05, 3.63) is 60.2 Å². The molecule has 0 unspecified atom stereocenters. The Morgan fingerprint density at radius 2 is 1.88 bits per heavy atom. The topological polar surface area (TPSA) is 62.2 Å². The van der Waals surface area contributed by atoms with Crippen molar-refractivity contribution in [3.63, 3.8) is 0 Å². The summed E-state index contributed by atoms with van der Waals surface area (Å²) in [4.78, 5) is 17.2. The number of aromatic hydroxyl groups is 1. The van der Waals surface area contributed by atoms with Crippen LogP contribution in [0.2, 0.25) is 0 Å². The first-order valence-electron chi connectivity index (χ1n) is 8.16. The second kappa shape index (κ2) is 7.13. The molecular weight excluding hydrogens is 300 g/mol. The second-order valence-corrected chi connectivity index (χ2v) is 5.73. The number of pyridine rings is 1. The molecule has 0 radical (unpaired) electrons.